The summed E-state index contributed by atoms with van der Waals surface area (Å²) in [5, 5.41) is 2.59. The molecule has 6 nitrogen and oxygen atoms in total. The van der Waals surface area contributed by atoms with E-state index in [1.807, 2.05) is 0 Å². The highest BCUT2D eigenvalue weighted by atomic mass is 16.5. The van der Waals surface area contributed by atoms with Crippen LogP contribution in [0.25, 0.3) is 0 Å². The molecule has 0 heterocycles. The molecule has 0 aliphatic heterocycles. The fourth-order valence-corrected chi connectivity index (χ4v) is 2.13. The highest BCUT2D eigenvalue weighted by molar-refractivity contribution is 5.87. The first-order valence-corrected chi connectivity index (χ1v) is 8.25. The van der Waals surface area contributed by atoms with Gasteiger partial charge in [0.05, 0.1) is 13.0 Å². The Morgan fingerprint density at radius 2 is 1.64 bits per heavy atom. The monoisotopic (exact) mass is 314 g/mol. The highest BCUT2D eigenvalue weighted by Crippen LogP contribution is 2.09. The zero-order valence-electron chi connectivity index (χ0n) is 13.9. The van der Waals surface area contributed by atoms with Crippen molar-refractivity contribution in [1.29, 1.82) is 0 Å². The van der Waals surface area contributed by atoms with Crippen LogP contribution in [0, 0.1) is 0 Å². The molecule has 0 spiro atoms. The molecule has 0 rings (SSSR count). The Labute approximate surface area is 133 Å². The number of primary amides is 1. The molecule has 0 aromatic heterocycles. The van der Waals surface area contributed by atoms with E-state index in [2.05, 4.69) is 12.2 Å². The van der Waals surface area contributed by atoms with Crippen molar-refractivity contribution in [2.45, 2.75) is 77.7 Å². The summed E-state index contributed by atoms with van der Waals surface area (Å²) >= 11 is 0. The number of nitrogens with one attached hydrogen (secondary N) is 1. The number of carbonyl (C=O) groups is 3. The van der Waals surface area contributed by atoms with E-state index in [0.29, 0.717) is 13.0 Å². The third-order valence-electron chi connectivity index (χ3n) is 3.39. The second-order valence-electron chi connectivity index (χ2n) is 5.38. The number of hydrogen-bond acceptors (Lipinski definition) is 4. The first-order valence-electron chi connectivity index (χ1n) is 8.25. The van der Waals surface area contributed by atoms with Gasteiger partial charge in [0.25, 0.3) is 0 Å². The summed E-state index contributed by atoms with van der Waals surface area (Å²) in [7, 11) is 0. The van der Waals surface area contributed by atoms with Gasteiger partial charge in [0, 0.05) is 6.42 Å². The van der Waals surface area contributed by atoms with Crippen molar-refractivity contribution >= 4 is 17.8 Å². The summed E-state index contributed by atoms with van der Waals surface area (Å²) in [4.78, 5) is 34.2. The lowest BCUT2D eigenvalue weighted by atomic mass is 10.0. The zero-order chi connectivity index (χ0) is 16.8. The van der Waals surface area contributed by atoms with Gasteiger partial charge in [-0.05, 0) is 13.3 Å². The van der Waals surface area contributed by atoms with Crippen LogP contribution in [0.1, 0.15) is 71.6 Å². The van der Waals surface area contributed by atoms with Crippen molar-refractivity contribution in [2.24, 2.45) is 5.73 Å². The SMILES string of the molecule is CCCCCCCC[C@H](NC(=O)CCC(=O)OCC)C(N)=O. The number of unbranched alkanes of at least 4 members (excludes halogenated alkanes) is 5. The fourth-order valence-electron chi connectivity index (χ4n) is 2.13. The number of nitrogens with two attached hydrogens (primary N) is 1. The van der Waals surface area contributed by atoms with E-state index < -0.39 is 17.9 Å². The smallest absolute Gasteiger partial charge is 0.306 e. The van der Waals surface area contributed by atoms with Gasteiger partial charge in [0.1, 0.15) is 6.04 Å². The number of amides is 2. The molecule has 128 valence electrons. The number of esters is 1. The van der Waals surface area contributed by atoms with Crippen LogP contribution in [0.5, 0.6) is 0 Å². The van der Waals surface area contributed by atoms with Crippen molar-refractivity contribution < 1.29 is 19.1 Å². The van der Waals surface area contributed by atoms with Crippen LogP contribution in [0.15, 0.2) is 0 Å². The van der Waals surface area contributed by atoms with Crippen LogP contribution in [-0.2, 0) is 19.1 Å². The Kier molecular flexibility index (Phi) is 12.2. The van der Waals surface area contributed by atoms with Gasteiger partial charge in [-0.3, -0.25) is 14.4 Å². The Balaban J connectivity index is 3.95. The number of hydrogen-bond donors (Lipinski definition) is 2. The summed E-state index contributed by atoms with van der Waals surface area (Å²) in [5.74, 6) is -1.29. The van der Waals surface area contributed by atoms with Crippen molar-refractivity contribution in [2.75, 3.05) is 6.61 Å². The van der Waals surface area contributed by atoms with Gasteiger partial charge in [-0.2, -0.15) is 0 Å². The van der Waals surface area contributed by atoms with Crippen LogP contribution in [-0.4, -0.2) is 30.4 Å². The summed E-state index contributed by atoms with van der Waals surface area (Å²) in [6, 6.07) is -0.652. The molecule has 2 amide bonds. The zero-order valence-corrected chi connectivity index (χ0v) is 13.9. The minimum atomic E-state index is -0.652. The maximum absolute atomic E-state index is 11.7. The second kappa shape index (κ2) is 13.1. The molecular formula is C16H30N2O4. The summed E-state index contributed by atoms with van der Waals surface area (Å²) in [6.07, 6.45) is 7.22. The number of rotatable bonds is 13. The van der Waals surface area contributed by atoms with Crippen molar-refractivity contribution in [3.8, 4) is 0 Å². The predicted octanol–water partition coefficient (Wildman–Crippen LogP) is 2.05. The third-order valence-corrected chi connectivity index (χ3v) is 3.39. The quantitative estimate of drug-likeness (QED) is 0.401. The van der Waals surface area contributed by atoms with Crippen molar-refractivity contribution in [3.63, 3.8) is 0 Å². The van der Waals surface area contributed by atoms with Crippen LogP contribution >= 0.6 is 0 Å². The fraction of sp³-hybridized carbons (Fsp3) is 0.812. The maximum Gasteiger partial charge on any atom is 0.306 e. The van der Waals surface area contributed by atoms with Gasteiger partial charge in [-0.15, -0.1) is 0 Å². The molecule has 22 heavy (non-hydrogen) atoms. The topological polar surface area (TPSA) is 98.5 Å². The van der Waals surface area contributed by atoms with Crippen molar-refractivity contribution in [3.05, 3.63) is 0 Å². The van der Waals surface area contributed by atoms with E-state index in [-0.39, 0.29) is 18.7 Å². The minimum absolute atomic E-state index is 0.0130. The maximum atomic E-state index is 11.7. The molecule has 0 aliphatic carbocycles. The van der Waals surface area contributed by atoms with E-state index in [1.165, 1.54) is 19.3 Å². The third kappa shape index (κ3) is 11.1. The van der Waals surface area contributed by atoms with Gasteiger partial charge in [-0.1, -0.05) is 45.4 Å². The largest absolute Gasteiger partial charge is 0.466 e. The summed E-state index contributed by atoms with van der Waals surface area (Å²) in [6.45, 7) is 4.17. The Morgan fingerprint density at radius 3 is 2.23 bits per heavy atom. The van der Waals surface area contributed by atoms with Crippen LogP contribution in [0.2, 0.25) is 0 Å². The molecule has 0 saturated carbocycles. The van der Waals surface area contributed by atoms with Crippen LogP contribution in [0.3, 0.4) is 0 Å². The molecule has 0 bridgehead atoms. The van der Waals surface area contributed by atoms with E-state index in [9.17, 15) is 14.4 Å². The molecule has 1 atom stereocenters. The van der Waals surface area contributed by atoms with Gasteiger partial charge in [0.2, 0.25) is 11.8 Å². The molecule has 0 aromatic carbocycles. The Hall–Kier alpha value is -1.59. The molecule has 0 saturated heterocycles. The van der Waals surface area contributed by atoms with E-state index in [1.54, 1.807) is 6.92 Å². The summed E-state index contributed by atoms with van der Waals surface area (Å²) in [5.41, 5.74) is 5.31. The van der Waals surface area contributed by atoms with E-state index >= 15 is 0 Å². The van der Waals surface area contributed by atoms with Gasteiger partial charge in [-0.25, -0.2) is 0 Å². The molecule has 0 aliphatic rings. The minimum Gasteiger partial charge on any atom is -0.466 e. The molecule has 0 radical (unpaired) electrons. The first kappa shape index (κ1) is 20.4. The lowest BCUT2D eigenvalue weighted by Crippen LogP contribution is -2.44. The number of ether oxygens (including phenoxy) is 1. The standard InChI is InChI=1S/C16H30N2O4/c1-3-5-6-7-8-9-10-13(16(17)21)18-14(19)11-12-15(20)22-4-2/h13H,3-12H2,1-2H3,(H2,17,21)(H,18,19)/t13-/m0/s1. The van der Waals surface area contributed by atoms with Gasteiger partial charge in [0.15, 0.2) is 0 Å². The average Bonchev–Trinajstić information content (AvgIpc) is 2.47. The van der Waals surface area contributed by atoms with Crippen molar-refractivity contribution in [1.82, 2.24) is 5.32 Å². The number of carbonyl (C=O) groups excluding carboxylic acids is 3. The Bertz CT molecular complexity index is 345. The van der Waals surface area contributed by atoms with E-state index in [0.717, 1.165) is 19.3 Å². The Morgan fingerprint density at radius 1 is 1.00 bits per heavy atom. The lowest BCUT2D eigenvalue weighted by Gasteiger charge is -2.15. The predicted molar refractivity (Wildman–Crippen MR) is 85.0 cm³/mol. The van der Waals surface area contributed by atoms with Crippen LogP contribution in [0.4, 0.5) is 0 Å². The van der Waals surface area contributed by atoms with Gasteiger partial charge >= 0.3 is 5.97 Å². The molecular weight excluding hydrogens is 284 g/mol. The molecule has 0 unspecified atom stereocenters. The van der Waals surface area contributed by atoms with Crippen LogP contribution < -0.4 is 11.1 Å². The average molecular weight is 314 g/mol. The lowest BCUT2D eigenvalue weighted by molar-refractivity contribution is -0.144. The highest BCUT2D eigenvalue weighted by Gasteiger charge is 2.18. The first-order chi connectivity index (χ1) is 10.5. The second-order valence-corrected chi connectivity index (χ2v) is 5.38. The van der Waals surface area contributed by atoms with Gasteiger partial charge < -0.3 is 15.8 Å². The normalized spacial score (nSPS) is 11.7. The molecule has 3 N–H and O–H groups in total. The molecule has 0 fully saturated rings. The molecule has 6 heteroatoms. The van der Waals surface area contributed by atoms with E-state index in [4.69, 9.17) is 10.5 Å². The summed E-state index contributed by atoms with van der Waals surface area (Å²) < 4.78 is 4.75. The molecule has 0 aromatic rings.